The Morgan fingerprint density at radius 1 is 1.24 bits per heavy atom. The van der Waals surface area contributed by atoms with Gasteiger partial charge in [-0.05, 0) is 12.8 Å². The van der Waals surface area contributed by atoms with Crippen LogP contribution in [0.2, 0.25) is 0 Å². The Kier molecular flexibility index (Phi) is 2.72. The lowest BCUT2D eigenvalue weighted by Crippen LogP contribution is -2.35. The van der Waals surface area contributed by atoms with Crippen LogP contribution in [0.4, 0.5) is 0 Å². The number of nitrogens with zero attached hydrogens (tertiary/aromatic N) is 2. The number of ether oxygens (including phenoxy) is 1. The topological polar surface area (TPSA) is 85.5 Å². The first-order valence-corrected chi connectivity index (χ1v) is 6.19. The van der Waals surface area contributed by atoms with Crippen LogP contribution >= 0.6 is 0 Å². The van der Waals surface area contributed by atoms with Crippen molar-refractivity contribution in [1.82, 2.24) is 4.90 Å². The van der Waals surface area contributed by atoms with Gasteiger partial charge in [0.2, 0.25) is 0 Å². The molecule has 0 spiro atoms. The SMILES string of the molecule is OC[C@@H]1[C@@H](O)[C@H](O)[C@H]2N=C(N3CCCC3)O[C@@H]12. The first-order valence-electron chi connectivity index (χ1n) is 6.19. The Bertz CT molecular complexity index is 329. The van der Waals surface area contributed by atoms with E-state index in [0.717, 1.165) is 25.9 Å². The van der Waals surface area contributed by atoms with Crippen LogP contribution in [-0.4, -0.2) is 70.3 Å². The predicted molar refractivity (Wildman–Crippen MR) is 59.5 cm³/mol. The highest BCUT2D eigenvalue weighted by molar-refractivity contribution is 5.76. The van der Waals surface area contributed by atoms with E-state index in [-0.39, 0.29) is 12.7 Å². The molecule has 2 aliphatic heterocycles. The molecule has 6 heteroatoms. The van der Waals surface area contributed by atoms with Crippen LogP contribution in [0.5, 0.6) is 0 Å². The van der Waals surface area contributed by atoms with E-state index < -0.39 is 24.2 Å². The fraction of sp³-hybridized carbons (Fsp3) is 0.909. The molecule has 3 aliphatic rings. The van der Waals surface area contributed by atoms with Crippen molar-refractivity contribution in [3.05, 3.63) is 0 Å². The van der Waals surface area contributed by atoms with Crippen LogP contribution in [0.1, 0.15) is 12.8 Å². The van der Waals surface area contributed by atoms with E-state index in [1.807, 2.05) is 0 Å². The average molecular weight is 242 g/mol. The van der Waals surface area contributed by atoms with Crippen LogP contribution in [0, 0.1) is 5.92 Å². The van der Waals surface area contributed by atoms with E-state index in [1.54, 1.807) is 0 Å². The zero-order chi connectivity index (χ0) is 12.0. The third-order valence-corrected chi connectivity index (χ3v) is 3.99. The summed E-state index contributed by atoms with van der Waals surface area (Å²) in [4.78, 5) is 6.42. The second-order valence-electron chi connectivity index (χ2n) is 5.01. The van der Waals surface area contributed by atoms with Crippen molar-refractivity contribution >= 4 is 6.02 Å². The summed E-state index contributed by atoms with van der Waals surface area (Å²) in [6.45, 7) is 1.67. The van der Waals surface area contributed by atoms with Crippen molar-refractivity contribution < 1.29 is 20.1 Å². The Balaban J connectivity index is 1.77. The maximum Gasteiger partial charge on any atom is 0.288 e. The van der Waals surface area contributed by atoms with Gasteiger partial charge in [-0.3, -0.25) is 0 Å². The standard InChI is InChI=1S/C11H18N2O4/c14-5-6-8(15)9(16)7-10(6)17-11(12-7)13-3-1-2-4-13/h6-10,14-16H,1-5H2/t6-,7-,8-,9-,10+/m1/s1. The minimum atomic E-state index is -0.945. The lowest BCUT2D eigenvalue weighted by atomic mass is 10.1. The molecule has 3 N–H and O–H groups in total. The molecule has 0 unspecified atom stereocenters. The van der Waals surface area contributed by atoms with Crippen LogP contribution in [0.25, 0.3) is 0 Å². The second-order valence-corrected chi connectivity index (χ2v) is 5.01. The highest BCUT2D eigenvalue weighted by atomic mass is 16.5. The fourth-order valence-corrected chi connectivity index (χ4v) is 2.96. The van der Waals surface area contributed by atoms with E-state index in [4.69, 9.17) is 4.74 Å². The summed E-state index contributed by atoms with van der Waals surface area (Å²) < 4.78 is 5.71. The van der Waals surface area contributed by atoms with E-state index in [9.17, 15) is 15.3 Å². The number of hydrogen-bond acceptors (Lipinski definition) is 6. The van der Waals surface area contributed by atoms with Gasteiger partial charge in [0.25, 0.3) is 6.02 Å². The maximum absolute atomic E-state index is 9.86. The number of aliphatic hydroxyl groups is 3. The van der Waals surface area contributed by atoms with Crippen LogP contribution in [-0.2, 0) is 4.74 Å². The van der Waals surface area contributed by atoms with Crippen LogP contribution in [0.15, 0.2) is 4.99 Å². The number of likely N-dealkylation sites (tertiary alicyclic amines) is 1. The van der Waals surface area contributed by atoms with Gasteiger partial charge in [0.05, 0.1) is 18.6 Å². The van der Waals surface area contributed by atoms with Gasteiger partial charge in [0.15, 0.2) is 0 Å². The summed E-state index contributed by atoms with van der Waals surface area (Å²) in [6.07, 6.45) is -0.00438. The third-order valence-electron chi connectivity index (χ3n) is 3.99. The molecular weight excluding hydrogens is 224 g/mol. The highest BCUT2D eigenvalue weighted by Gasteiger charge is 2.54. The molecule has 3 rings (SSSR count). The number of amidine groups is 1. The van der Waals surface area contributed by atoms with Crippen molar-refractivity contribution in [2.45, 2.75) is 37.2 Å². The van der Waals surface area contributed by atoms with Gasteiger partial charge in [0, 0.05) is 13.1 Å². The molecule has 1 aliphatic carbocycles. The molecular formula is C11H18N2O4. The van der Waals surface area contributed by atoms with Crippen molar-refractivity contribution in [3.8, 4) is 0 Å². The van der Waals surface area contributed by atoms with Crippen molar-refractivity contribution in [3.63, 3.8) is 0 Å². The molecule has 0 aromatic rings. The molecule has 96 valence electrons. The summed E-state index contributed by atoms with van der Waals surface area (Å²) in [6, 6.07) is 0.139. The van der Waals surface area contributed by atoms with Gasteiger partial charge >= 0.3 is 0 Å². The summed E-state index contributed by atoms with van der Waals surface area (Å²) in [5.74, 6) is -0.446. The summed E-state index contributed by atoms with van der Waals surface area (Å²) in [7, 11) is 0. The lowest BCUT2D eigenvalue weighted by Gasteiger charge is -2.22. The molecule has 17 heavy (non-hydrogen) atoms. The average Bonchev–Trinajstić information content (AvgIpc) is 2.99. The Labute approximate surface area is 99.5 Å². The maximum atomic E-state index is 9.86. The molecule has 1 saturated carbocycles. The molecule has 6 nitrogen and oxygen atoms in total. The number of aliphatic imine (C=N–C) groups is 1. The molecule has 2 fully saturated rings. The molecule has 2 heterocycles. The lowest BCUT2D eigenvalue weighted by molar-refractivity contribution is -0.00836. The van der Waals surface area contributed by atoms with Crippen molar-refractivity contribution in [2.75, 3.05) is 19.7 Å². The zero-order valence-corrected chi connectivity index (χ0v) is 9.57. The smallest absolute Gasteiger partial charge is 0.288 e. The number of fused-ring (bicyclic) bond motifs is 1. The summed E-state index contributed by atoms with van der Waals surface area (Å²) in [5, 5.41) is 28.8. The van der Waals surface area contributed by atoms with E-state index in [1.165, 1.54) is 0 Å². The Hall–Kier alpha value is -0.850. The minimum absolute atomic E-state index is 0.192. The molecule has 0 aromatic carbocycles. The van der Waals surface area contributed by atoms with E-state index in [0.29, 0.717) is 6.02 Å². The van der Waals surface area contributed by atoms with Gasteiger partial charge in [-0.25, -0.2) is 4.99 Å². The van der Waals surface area contributed by atoms with Crippen LogP contribution < -0.4 is 0 Å². The number of aliphatic hydroxyl groups excluding tert-OH is 3. The molecule has 5 atom stereocenters. The minimum Gasteiger partial charge on any atom is -0.459 e. The molecule has 0 bridgehead atoms. The van der Waals surface area contributed by atoms with Gasteiger partial charge in [-0.2, -0.15) is 0 Å². The second kappa shape index (κ2) is 4.12. The van der Waals surface area contributed by atoms with Gasteiger partial charge in [0.1, 0.15) is 18.2 Å². The van der Waals surface area contributed by atoms with E-state index in [2.05, 4.69) is 9.89 Å². The normalized spacial score (nSPS) is 44.8. The molecule has 0 aromatic heterocycles. The Morgan fingerprint density at radius 2 is 1.94 bits per heavy atom. The number of hydrogen-bond donors (Lipinski definition) is 3. The van der Waals surface area contributed by atoms with Crippen molar-refractivity contribution in [2.24, 2.45) is 10.9 Å². The first kappa shape index (κ1) is 11.3. The highest BCUT2D eigenvalue weighted by Crippen LogP contribution is 2.36. The quantitative estimate of drug-likeness (QED) is 0.524. The predicted octanol–water partition coefficient (Wildman–Crippen LogP) is -1.45. The summed E-state index contributed by atoms with van der Waals surface area (Å²) >= 11 is 0. The van der Waals surface area contributed by atoms with Gasteiger partial charge in [-0.15, -0.1) is 0 Å². The first-order chi connectivity index (χ1) is 8.22. The Morgan fingerprint density at radius 3 is 2.59 bits per heavy atom. The largest absolute Gasteiger partial charge is 0.459 e. The molecule has 0 amide bonds. The van der Waals surface area contributed by atoms with Gasteiger partial charge in [-0.1, -0.05) is 0 Å². The summed E-state index contributed by atoms with van der Waals surface area (Å²) in [5.41, 5.74) is 0. The molecule has 1 saturated heterocycles. The zero-order valence-electron chi connectivity index (χ0n) is 9.57. The third kappa shape index (κ3) is 1.63. The van der Waals surface area contributed by atoms with Gasteiger partial charge < -0.3 is 25.0 Å². The molecule has 0 radical (unpaired) electrons. The van der Waals surface area contributed by atoms with E-state index >= 15 is 0 Å². The monoisotopic (exact) mass is 242 g/mol. The van der Waals surface area contributed by atoms with Crippen LogP contribution in [0.3, 0.4) is 0 Å². The fourth-order valence-electron chi connectivity index (χ4n) is 2.96. The van der Waals surface area contributed by atoms with Crippen molar-refractivity contribution in [1.29, 1.82) is 0 Å². The number of rotatable bonds is 1.